The van der Waals surface area contributed by atoms with Crippen molar-refractivity contribution in [1.82, 2.24) is 4.90 Å². The summed E-state index contributed by atoms with van der Waals surface area (Å²) in [4.78, 5) is 15.4. The Morgan fingerprint density at radius 1 is 0.900 bits per heavy atom. The molecule has 30 heavy (non-hydrogen) atoms. The number of carbonyl (C=O) groups is 1. The summed E-state index contributed by atoms with van der Waals surface area (Å²) in [5, 5.41) is -0.435. The first-order valence-electron chi connectivity index (χ1n) is 9.64. The summed E-state index contributed by atoms with van der Waals surface area (Å²) in [5.74, 6) is 0.0855. The van der Waals surface area contributed by atoms with Crippen molar-refractivity contribution in [1.29, 1.82) is 0 Å². The largest absolute Gasteiger partial charge is 0.416 e. The maximum atomic E-state index is 13.7. The highest BCUT2D eigenvalue weighted by Gasteiger charge is 2.37. The molecule has 0 aliphatic carbocycles. The number of thioether (sulfide) groups is 1. The molecule has 154 valence electrons. The molecule has 0 bridgehead atoms. The number of carbonyl (C=O) groups excluding carboxylic acids is 1. The summed E-state index contributed by atoms with van der Waals surface area (Å²) in [7, 11) is 0. The molecule has 0 unspecified atom stereocenters. The molecule has 3 aromatic carbocycles. The molecule has 3 aromatic rings. The Labute approximate surface area is 177 Å². The first-order valence-corrected chi connectivity index (χ1v) is 10.7. The quantitative estimate of drug-likeness (QED) is 0.501. The minimum absolute atomic E-state index is 0.0974. The molecular formula is C24H20F3NOS. The molecule has 1 atom stereocenters. The molecule has 1 fully saturated rings. The molecule has 6 heteroatoms. The zero-order valence-electron chi connectivity index (χ0n) is 16.0. The maximum absolute atomic E-state index is 13.7. The fraction of sp³-hybridized carbons (Fsp3) is 0.208. The molecule has 0 aromatic heterocycles. The van der Waals surface area contributed by atoms with Crippen LogP contribution in [0.2, 0.25) is 0 Å². The highest BCUT2D eigenvalue weighted by atomic mass is 32.2. The zero-order valence-corrected chi connectivity index (χ0v) is 16.9. The second kappa shape index (κ2) is 8.56. The van der Waals surface area contributed by atoms with Gasteiger partial charge in [-0.25, -0.2) is 0 Å². The van der Waals surface area contributed by atoms with Gasteiger partial charge in [-0.3, -0.25) is 4.79 Å². The van der Waals surface area contributed by atoms with Crippen LogP contribution in [0.1, 0.15) is 33.5 Å². The Balaban J connectivity index is 1.70. The highest BCUT2D eigenvalue weighted by Crippen LogP contribution is 2.42. The van der Waals surface area contributed by atoms with E-state index in [1.54, 1.807) is 11.0 Å². The number of nitrogens with zero attached hydrogens (tertiary/aromatic N) is 1. The number of rotatable bonds is 4. The average Bonchev–Trinajstić information content (AvgIpc) is 3.25. The number of halogens is 3. The summed E-state index contributed by atoms with van der Waals surface area (Å²) in [5.41, 5.74) is 1.55. The van der Waals surface area contributed by atoms with Crippen LogP contribution in [0.4, 0.5) is 13.2 Å². The smallest absolute Gasteiger partial charge is 0.325 e. The summed E-state index contributed by atoms with van der Waals surface area (Å²) in [6, 6.07) is 24.3. The van der Waals surface area contributed by atoms with E-state index >= 15 is 0 Å². The van der Waals surface area contributed by atoms with E-state index in [1.165, 1.54) is 17.8 Å². The lowest BCUT2D eigenvalue weighted by atomic mass is 9.90. The molecule has 1 amide bonds. The lowest BCUT2D eigenvalue weighted by molar-refractivity contribution is -0.137. The third kappa shape index (κ3) is 4.24. The van der Waals surface area contributed by atoms with E-state index in [9.17, 15) is 18.0 Å². The lowest BCUT2D eigenvalue weighted by Crippen LogP contribution is -2.35. The molecule has 4 rings (SSSR count). The van der Waals surface area contributed by atoms with Gasteiger partial charge in [0.05, 0.1) is 11.5 Å². The predicted octanol–water partition coefficient (Wildman–Crippen LogP) is 6.11. The Kier molecular flexibility index (Phi) is 5.86. The van der Waals surface area contributed by atoms with Gasteiger partial charge in [-0.05, 0) is 28.8 Å². The van der Waals surface area contributed by atoms with E-state index < -0.39 is 23.0 Å². The van der Waals surface area contributed by atoms with Crippen molar-refractivity contribution < 1.29 is 18.0 Å². The average molecular weight is 427 g/mol. The summed E-state index contributed by atoms with van der Waals surface area (Å²) >= 11 is 1.50. The van der Waals surface area contributed by atoms with Crippen molar-refractivity contribution in [3.63, 3.8) is 0 Å². The van der Waals surface area contributed by atoms with E-state index in [2.05, 4.69) is 0 Å². The van der Waals surface area contributed by atoms with Gasteiger partial charge >= 0.3 is 6.18 Å². The predicted molar refractivity (Wildman–Crippen MR) is 113 cm³/mol. The van der Waals surface area contributed by atoms with Crippen molar-refractivity contribution in [2.45, 2.75) is 17.5 Å². The summed E-state index contributed by atoms with van der Waals surface area (Å²) < 4.78 is 39.6. The van der Waals surface area contributed by atoms with Gasteiger partial charge < -0.3 is 4.90 Å². The van der Waals surface area contributed by atoms with Gasteiger partial charge in [0.25, 0.3) is 0 Å². The van der Waals surface area contributed by atoms with E-state index in [4.69, 9.17) is 0 Å². The summed E-state index contributed by atoms with van der Waals surface area (Å²) in [6.45, 7) is 0.501. The van der Waals surface area contributed by atoms with Gasteiger partial charge in [0, 0.05) is 12.3 Å². The van der Waals surface area contributed by atoms with Gasteiger partial charge in [-0.1, -0.05) is 72.8 Å². The SMILES string of the molecule is O=C(C(c1ccccc1)c1ccccc1)N1CCS[C@@H]1c1cccc(C(F)(F)F)c1. The topological polar surface area (TPSA) is 20.3 Å². The fourth-order valence-electron chi connectivity index (χ4n) is 3.77. The first-order chi connectivity index (χ1) is 14.4. The zero-order chi connectivity index (χ0) is 21.1. The monoisotopic (exact) mass is 427 g/mol. The van der Waals surface area contributed by atoms with Crippen LogP contribution in [0, 0.1) is 0 Å². The molecular weight excluding hydrogens is 407 g/mol. The van der Waals surface area contributed by atoms with Crippen LogP contribution in [0.5, 0.6) is 0 Å². The Morgan fingerprint density at radius 2 is 1.50 bits per heavy atom. The van der Waals surface area contributed by atoms with Crippen molar-refractivity contribution in [3.8, 4) is 0 Å². The van der Waals surface area contributed by atoms with Gasteiger partial charge in [-0.15, -0.1) is 11.8 Å². The normalized spacial score (nSPS) is 16.8. The van der Waals surface area contributed by atoms with E-state index in [0.29, 0.717) is 17.9 Å². The first kappa shape index (κ1) is 20.5. The molecule has 1 aliphatic heterocycles. The number of hydrogen-bond acceptors (Lipinski definition) is 2. The van der Waals surface area contributed by atoms with Crippen LogP contribution in [0.25, 0.3) is 0 Å². The fourth-order valence-corrected chi connectivity index (χ4v) is 5.03. The van der Waals surface area contributed by atoms with Crippen molar-refractivity contribution >= 4 is 17.7 Å². The highest BCUT2D eigenvalue weighted by molar-refractivity contribution is 7.99. The Bertz CT molecular complexity index is 968. The van der Waals surface area contributed by atoms with Crippen LogP contribution >= 0.6 is 11.8 Å². The molecule has 0 N–H and O–H groups in total. The minimum atomic E-state index is -4.41. The van der Waals surface area contributed by atoms with Gasteiger partial charge in [-0.2, -0.15) is 13.2 Å². The van der Waals surface area contributed by atoms with Crippen LogP contribution in [-0.2, 0) is 11.0 Å². The van der Waals surface area contributed by atoms with E-state index in [0.717, 1.165) is 23.3 Å². The number of hydrogen-bond donors (Lipinski definition) is 0. The molecule has 1 aliphatic rings. The third-order valence-corrected chi connectivity index (χ3v) is 6.45. The van der Waals surface area contributed by atoms with Gasteiger partial charge in [0.2, 0.25) is 5.91 Å². The molecule has 0 spiro atoms. The molecule has 0 radical (unpaired) electrons. The van der Waals surface area contributed by atoms with Crippen molar-refractivity contribution in [2.24, 2.45) is 0 Å². The standard InChI is InChI=1S/C24H20F3NOS/c25-24(26,27)20-13-7-12-19(16-20)23-28(14-15-30-23)22(29)21(17-8-3-1-4-9-17)18-10-5-2-6-11-18/h1-13,16,21,23H,14-15H2/t23-/m1/s1. The molecule has 2 nitrogen and oxygen atoms in total. The van der Waals surface area contributed by atoms with Crippen LogP contribution < -0.4 is 0 Å². The van der Waals surface area contributed by atoms with Crippen LogP contribution in [0.15, 0.2) is 84.9 Å². The second-order valence-corrected chi connectivity index (χ2v) is 8.32. The number of alkyl halides is 3. The second-order valence-electron chi connectivity index (χ2n) is 7.13. The van der Waals surface area contributed by atoms with Crippen molar-refractivity contribution in [2.75, 3.05) is 12.3 Å². The van der Waals surface area contributed by atoms with E-state index in [1.807, 2.05) is 60.7 Å². The third-order valence-electron chi connectivity index (χ3n) is 5.19. The van der Waals surface area contributed by atoms with Gasteiger partial charge in [0.15, 0.2) is 0 Å². The van der Waals surface area contributed by atoms with E-state index in [-0.39, 0.29) is 5.91 Å². The van der Waals surface area contributed by atoms with Crippen LogP contribution in [0.3, 0.4) is 0 Å². The molecule has 0 saturated carbocycles. The number of benzene rings is 3. The van der Waals surface area contributed by atoms with Crippen molar-refractivity contribution in [3.05, 3.63) is 107 Å². The lowest BCUT2D eigenvalue weighted by Gasteiger charge is -2.29. The maximum Gasteiger partial charge on any atom is 0.416 e. The van der Waals surface area contributed by atoms with Crippen LogP contribution in [-0.4, -0.2) is 23.1 Å². The number of amides is 1. The Hall–Kier alpha value is -2.73. The van der Waals surface area contributed by atoms with Gasteiger partial charge in [0.1, 0.15) is 5.37 Å². The molecule has 1 saturated heterocycles. The minimum Gasteiger partial charge on any atom is -0.325 e. The Morgan fingerprint density at radius 3 is 2.07 bits per heavy atom. The molecule has 1 heterocycles. The summed E-state index contributed by atoms with van der Waals surface area (Å²) in [6.07, 6.45) is -4.41.